The Labute approximate surface area is 187 Å². The molecular formula is C26H27N3O3. The summed E-state index contributed by atoms with van der Waals surface area (Å²) in [6.45, 7) is 8.96. The molecule has 32 heavy (non-hydrogen) atoms. The van der Waals surface area contributed by atoms with Crippen molar-refractivity contribution in [3.63, 3.8) is 0 Å². The van der Waals surface area contributed by atoms with E-state index >= 15 is 0 Å². The highest BCUT2D eigenvalue weighted by Crippen LogP contribution is 2.29. The molecule has 6 heteroatoms. The molecule has 0 radical (unpaired) electrons. The number of nitrogens with zero attached hydrogens (tertiary/aromatic N) is 3. The predicted molar refractivity (Wildman–Crippen MR) is 123 cm³/mol. The summed E-state index contributed by atoms with van der Waals surface area (Å²) in [5, 5.41) is 1.12. The van der Waals surface area contributed by atoms with E-state index in [2.05, 4.69) is 43.9 Å². The molecule has 1 unspecified atom stereocenters. The summed E-state index contributed by atoms with van der Waals surface area (Å²) in [6, 6.07) is 13.5. The summed E-state index contributed by atoms with van der Waals surface area (Å²) in [5.74, 6) is 0.325. The van der Waals surface area contributed by atoms with E-state index in [1.54, 1.807) is 24.3 Å². The minimum atomic E-state index is -0.190. The summed E-state index contributed by atoms with van der Waals surface area (Å²) < 4.78 is 6.15. The molecule has 6 nitrogen and oxygen atoms in total. The molecule has 1 atom stereocenters. The van der Waals surface area contributed by atoms with Crippen LogP contribution in [-0.2, 0) is 6.54 Å². The van der Waals surface area contributed by atoms with E-state index in [0.717, 1.165) is 36.1 Å². The number of hydrogen-bond donors (Lipinski definition) is 0. The fourth-order valence-corrected chi connectivity index (χ4v) is 4.64. The SMILES string of the molecule is Cc1cc2cc3c(nc2cc1C)OC(C)CN(CCCN1C(=O)c2ccccc2C1=O)C3. The number of hydrogen-bond acceptors (Lipinski definition) is 5. The van der Waals surface area contributed by atoms with Crippen LogP contribution >= 0.6 is 0 Å². The van der Waals surface area contributed by atoms with Gasteiger partial charge in [0.25, 0.3) is 11.8 Å². The lowest BCUT2D eigenvalue weighted by Gasteiger charge is -2.23. The lowest BCUT2D eigenvalue weighted by molar-refractivity contribution is 0.0643. The number of benzene rings is 2. The first-order valence-corrected chi connectivity index (χ1v) is 11.2. The van der Waals surface area contributed by atoms with Gasteiger partial charge in [0.1, 0.15) is 6.10 Å². The number of aromatic nitrogens is 1. The van der Waals surface area contributed by atoms with Crippen LogP contribution in [0, 0.1) is 13.8 Å². The van der Waals surface area contributed by atoms with Crippen molar-refractivity contribution in [3.05, 3.63) is 70.3 Å². The molecule has 164 valence electrons. The van der Waals surface area contributed by atoms with E-state index in [1.807, 2.05) is 0 Å². The van der Waals surface area contributed by atoms with Gasteiger partial charge in [-0.3, -0.25) is 19.4 Å². The van der Waals surface area contributed by atoms with Gasteiger partial charge in [0.2, 0.25) is 5.88 Å². The molecule has 0 spiro atoms. The van der Waals surface area contributed by atoms with E-state index in [-0.39, 0.29) is 17.9 Å². The quantitative estimate of drug-likeness (QED) is 0.584. The summed E-state index contributed by atoms with van der Waals surface area (Å²) in [4.78, 5) is 33.7. The number of imide groups is 1. The van der Waals surface area contributed by atoms with Crippen molar-refractivity contribution in [2.45, 2.75) is 39.8 Å². The molecule has 2 amide bonds. The zero-order valence-corrected chi connectivity index (χ0v) is 18.7. The number of rotatable bonds is 4. The van der Waals surface area contributed by atoms with Crippen molar-refractivity contribution < 1.29 is 14.3 Å². The third-order valence-electron chi connectivity index (χ3n) is 6.43. The van der Waals surface area contributed by atoms with E-state index in [0.29, 0.717) is 30.0 Å². The average molecular weight is 430 g/mol. The predicted octanol–water partition coefficient (Wildman–Crippen LogP) is 4.12. The fraction of sp³-hybridized carbons (Fsp3) is 0.346. The number of carbonyl (C=O) groups is 2. The molecule has 0 bridgehead atoms. The topological polar surface area (TPSA) is 62.7 Å². The Bertz CT molecular complexity index is 1200. The lowest BCUT2D eigenvalue weighted by atomic mass is 10.0. The van der Waals surface area contributed by atoms with Crippen molar-refractivity contribution >= 4 is 22.7 Å². The van der Waals surface area contributed by atoms with Crippen LogP contribution in [0.3, 0.4) is 0 Å². The van der Waals surface area contributed by atoms with Gasteiger partial charge in [-0.25, -0.2) is 4.98 Å². The van der Waals surface area contributed by atoms with Crippen molar-refractivity contribution in [1.82, 2.24) is 14.8 Å². The first kappa shape index (κ1) is 20.6. The van der Waals surface area contributed by atoms with Crippen molar-refractivity contribution in [2.75, 3.05) is 19.6 Å². The normalized spacial score (nSPS) is 18.5. The van der Waals surface area contributed by atoms with Gasteiger partial charge in [0.15, 0.2) is 0 Å². The number of carbonyl (C=O) groups excluding carboxylic acids is 2. The Kier molecular flexibility index (Phi) is 5.18. The van der Waals surface area contributed by atoms with Gasteiger partial charge in [-0.05, 0) is 68.7 Å². The molecule has 0 fully saturated rings. The van der Waals surface area contributed by atoms with Crippen molar-refractivity contribution in [2.24, 2.45) is 0 Å². The van der Waals surface area contributed by atoms with Gasteiger partial charge in [0.05, 0.1) is 16.6 Å². The van der Waals surface area contributed by atoms with Crippen molar-refractivity contribution in [3.8, 4) is 5.88 Å². The zero-order chi connectivity index (χ0) is 22.4. The maximum atomic E-state index is 12.6. The highest BCUT2D eigenvalue weighted by Gasteiger charge is 2.34. The maximum Gasteiger partial charge on any atom is 0.261 e. The molecule has 2 aliphatic heterocycles. The van der Waals surface area contributed by atoms with Crippen LogP contribution in [0.1, 0.15) is 50.8 Å². The van der Waals surface area contributed by atoms with E-state index in [4.69, 9.17) is 9.72 Å². The molecule has 3 aromatic rings. The number of aryl methyl sites for hydroxylation is 2. The molecule has 0 N–H and O–H groups in total. The van der Waals surface area contributed by atoms with Crippen LogP contribution in [-0.4, -0.2) is 52.3 Å². The lowest BCUT2D eigenvalue weighted by Crippen LogP contribution is -2.35. The molecule has 5 rings (SSSR count). The number of amides is 2. The first-order chi connectivity index (χ1) is 15.4. The summed E-state index contributed by atoms with van der Waals surface area (Å²) in [7, 11) is 0. The Morgan fingerprint density at radius 2 is 1.69 bits per heavy atom. The third kappa shape index (κ3) is 3.65. The molecule has 0 saturated heterocycles. The summed E-state index contributed by atoms with van der Waals surface area (Å²) in [5.41, 5.74) is 5.52. The highest BCUT2D eigenvalue weighted by molar-refractivity contribution is 6.21. The molecule has 0 saturated carbocycles. The standard InChI is InChI=1S/C26H27N3O3/c1-16-11-19-13-20-15-28(14-18(3)32-24(20)27-23(19)12-17(16)2)9-6-10-29-25(30)21-7-4-5-8-22(21)26(29)31/h4-5,7-8,11-13,18H,6,9-10,14-15H2,1-3H3. The van der Waals surface area contributed by atoms with Gasteiger partial charge in [-0.15, -0.1) is 0 Å². The van der Waals surface area contributed by atoms with Crippen molar-refractivity contribution in [1.29, 1.82) is 0 Å². The second kappa shape index (κ2) is 8.02. The largest absolute Gasteiger partial charge is 0.473 e. The van der Waals surface area contributed by atoms with Gasteiger partial charge in [-0.2, -0.15) is 0 Å². The van der Waals surface area contributed by atoms with E-state index in [1.165, 1.54) is 16.0 Å². The maximum absolute atomic E-state index is 12.6. The van der Waals surface area contributed by atoms with Gasteiger partial charge in [-0.1, -0.05) is 12.1 Å². The minimum absolute atomic E-state index is 0.00653. The number of ether oxygens (including phenoxy) is 1. The van der Waals surface area contributed by atoms with Crippen LogP contribution in [0.25, 0.3) is 10.9 Å². The minimum Gasteiger partial charge on any atom is -0.473 e. The Balaban J connectivity index is 1.30. The average Bonchev–Trinajstić information content (AvgIpc) is 2.90. The molecule has 0 aliphatic carbocycles. The molecule has 1 aromatic heterocycles. The number of fused-ring (bicyclic) bond motifs is 3. The highest BCUT2D eigenvalue weighted by atomic mass is 16.5. The van der Waals surface area contributed by atoms with Crippen LogP contribution in [0.2, 0.25) is 0 Å². The summed E-state index contributed by atoms with van der Waals surface area (Å²) in [6.07, 6.45) is 0.722. The van der Waals surface area contributed by atoms with Crippen LogP contribution in [0.5, 0.6) is 5.88 Å². The van der Waals surface area contributed by atoms with Gasteiger partial charge >= 0.3 is 0 Å². The van der Waals surface area contributed by atoms with E-state index in [9.17, 15) is 9.59 Å². The zero-order valence-electron chi connectivity index (χ0n) is 18.7. The molecule has 2 aliphatic rings. The summed E-state index contributed by atoms with van der Waals surface area (Å²) >= 11 is 0. The van der Waals surface area contributed by atoms with E-state index < -0.39 is 0 Å². The molecule has 3 heterocycles. The van der Waals surface area contributed by atoms with Crippen LogP contribution in [0.15, 0.2) is 42.5 Å². The Morgan fingerprint density at radius 3 is 2.41 bits per heavy atom. The monoisotopic (exact) mass is 429 g/mol. The third-order valence-corrected chi connectivity index (χ3v) is 6.43. The second-order valence-corrected chi connectivity index (χ2v) is 8.91. The molecule has 2 aromatic carbocycles. The second-order valence-electron chi connectivity index (χ2n) is 8.91. The first-order valence-electron chi connectivity index (χ1n) is 11.2. The number of pyridine rings is 1. The van der Waals surface area contributed by atoms with Gasteiger partial charge < -0.3 is 4.74 Å². The Morgan fingerprint density at radius 1 is 1.00 bits per heavy atom. The fourth-order valence-electron chi connectivity index (χ4n) is 4.64. The smallest absolute Gasteiger partial charge is 0.261 e. The van der Waals surface area contributed by atoms with Gasteiger partial charge in [0, 0.05) is 37.1 Å². The van der Waals surface area contributed by atoms with Crippen LogP contribution < -0.4 is 4.74 Å². The van der Waals surface area contributed by atoms with Crippen LogP contribution in [0.4, 0.5) is 0 Å². The molecular weight excluding hydrogens is 402 g/mol. The Hall–Kier alpha value is -3.25.